The Hall–Kier alpha value is -3.62. The highest BCUT2D eigenvalue weighted by Crippen LogP contribution is 2.32. The Morgan fingerprint density at radius 1 is 1.12 bits per heavy atom. The minimum Gasteiger partial charge on any atom is -0.466 e. The van der Waals surface area contributed by atoms with Gasteiger partial charge in [0.05, 0.1) is 18.6 Å². The van der Waals surface area contributed by atoms with Crippen LogP contribution < -0.4 is 0 Å². The van der Waals surface area contributed by atoms with Crippen molar-refractivity contribution in [2.24, 2.45) is 0 Å². The lowest BCUT2D eigenvalue weighted by Gasteiger charge is -2.21. The van der Waals surface area contributed by atoms with Crippen LogP contribution in [0.1, 0.15) is 35.0 Å². The van der Waals surface area contributed by atoms with Crippen molar-refractivity contribution in [3.8, 4) is 11.3 Å². The van der Waals surface area contributed by atoms with Crippen LogP contribution in [0.4, 0.5) is 13.2 Å². The van der Waals surface area contributed by atoms with Gasteiger partial charge in [0, 0.05) is 31.0 Å². The molecule has 0 N–H and O–H groups in total. The molecule has 0 bridgehead atoms. The lowest BCUT2D eigenvalue weighted by molar-refractivity contribution is -0.143. The molecule has 1 aromatic carbocycles. The van der Waals surface area contributed by atoms with E-state index in [0.29, 0.717) is 0 Å². The average Bonchev–Trinajstić information content (AvgIpc) is 3.27. The highest BCUT2D eigenvalue weighted by Gasteiger charge is 2.31. The largest absolute Gasteiger partial charge is 0.466 e. The molecular formula is C23H21F3N2O4. The quantitative estimate of drug-likeness (QED) is 0.458. The van der Waals surface area contributed by atoms with Crippen molar-refractivity contribution in [3.05, 3.63) is 77.8 Å². The van der Waals surface area contributed by atoms with Gasteiger partial charge in [0.15, 0.2) is 5.76 Å². The summed E-state index contributed by atoms with van der Waals surface area (Å²) in [5.41, 5.74) is 0.130. The Bertz CT molecular complexity index is 1060. The molecule has 0 atom stereocenters. The highest BCUT2D eigenvalue weighted by molar-refractivity contribution is 5.92. The van der Waals surface area contributed by atoms with E-state index in [-0.39, 0.29) is 43.2 Å². The first-order valence-corrected chi connectivity index (χ1v) is 9.89. The number of hydrogen-bond donors (Lipinski definition) is 0. The van der Waals surface area contributed by atoms with Gasteiger partial charge in [0.1, 0.15) is 5.76 Å². The number of rotatable bonds is 8. The van der Waals surface area contributed by atoms with Crippen molar-refractivity contribution in [1.29, 1.82) is 0 Å². The number of carbonyl (C=O) groups is 2. The van der Waals surface area contributed by atoms with Crippen LogP contribution in [0.2, 0.25) is 0 Å². The summed E-state index contributed by atoms with van der Waals surface area (Å²) >= 11 is 0. The van der Waals surface area contributed by atoms with E-state index in [1.54, 1.807) is 31.5 Å². The van der Waals surface area contributed by atoms with Crippen LogP contribution in [0.25, 0.3) is 11.3 Å². The summed E-state index contributed by atoms with van der Waals surface area (Å²) in [7, 11) is 0. The van der Waals surface area contributed by atoms with Crippen LogP contribution >= 0.6 is 0 Å². The Kier molecular flexibility index (Phi) is 7.29. The van der Waals surface area contributed by atoms with Gasteiger partial charge in [-0.1, -0.05) is 18.2 Å². The fourth-order valence-electron chi connectivity index (χ4n) is 3.04. The monoisotopic (exact) mass is 446 g/mol. The number of ether oxygens (including phenoxy) is 1. The molecule has 0 aliphatic heterocycles. The molecule has 2 heterocycles. The maximum atomic E-state index is 13.1. The zero-order valence-corrected chi connectivity index (χ0v) is 17.3. The van der Waals surface area contributed by atoms with E-state index >= 15 is 0 Å². The van der Waals surface area contributed by atoms with Crippen molar-refractivity contribution >= 4 is 11.9 Å². The van der Waals surface area contributed by atoms with Gasteiger partial charge in [-0.15, -0.1) is 0 Å². The molecule has 0 spiro atoms. The topological polar surface area (TPSA) is 72.6 Å². The Morgan fingerprint density at radius 3 is 2.62 bits per heavy atom. The molecule has 9 heteroatoms. The molecule has 168 valence electrons. The standard InChI is InChI=1S/C23H21F3N2O4/c1-2-31-21(29)10-12-28(15-16-5-4-11-27-14-16)22(30)20-9-8-19(32-20)17-6-3-7-18(13-17)23(24,25)26/h3-9,11,13-14H,2,10,12,15H2,1H3. The third kappa shape index (κ3) is 5.96. The number of hydrogen-bond acceptors (Lipinski definition) is 5. The van der Waals surface area contributed by atoms with Crippen LogP contribution in [0.3, 0.4) is 0 Å². The van der Waals surface area contributed by atoms with Crippen LogP contribution in [-0.4, -0.2) is 34.9 Å². The van der Waals surface area contributed by atoms with Gasteiger partial charge in [-0.05, 0) is 42.8 Å². The number of alkyl halides is 3. The predicted octanol–water partition coefficient (Wildman–Crippen LogP) is 4.96. The number of furan rings is 1. The fourth-order valence-corrected chi connectivity index (χ4v) is 3.04. The van der Waals surface area contributed by atoms with Crippen LogP contribution in [0.15, 0.2) is 65.3 Å². The molecule has 0 saturated carbocycles. The summed E-state index contributed by atoms with van der Waals surface area (Å²) < 4.78 is 49.5. The number of nitrogens with zero attached hydrogens (tertiary/aromatic N) is 2. The maximum absolute atomic E-state index is 13.1. The number of aromatic nitrogens is 1. The Morgan fingerprint density at radius 2 is 1.94 bits per heavy atom. The number of halogens is 3. The molecule has 3 rings (SSSR count). The predicted molar refractivity (Wildman–Crippen MR) is 109 cm³/mol. The molecule has 0 saturated heterocycles. The van der Waals surface area contributed by atoms with Gasteiger partial charge in [-0.2, -0.15) is 13.2 Å². The lowest BCUT2D eigenvalue weighted by atomic mass is 10.1. The molecule has 0 radical (unpaired) electrons. The average molecular weight is 446 g/mol. The molecule has 1 amide bonds. The summed E-state index contributed by atoms with van der Waals surface area (Å²) in [6.45, 7) is 2.17. The van der Waals surface area contributed by atoms with Gasteiger partial charge in [0.2, 0.25) is 0 Å². The SMILES string of the molecule is CCOC(=O)CCN(Cc1cccnc1)C(=O)c1ccc(-c2cccc(C(F)(F)F)c2)o1. The number of pyridine rings is 1. The molecule has 2 aromatic heterocycles. The second-order valence-electron chi connectivity index (χ2n) is 6.89. The molecule has 0 aliphatic rings. The van der Waals surface area contributed by atoms with Crippen LogP contribution in [0.5, 0.6) is 0 Å². The van der Waals surface area contributed by atoms with Gasteiger partial charge in [-0.25, -0.2) is 0 Å². The van der Waals surface area contributed by atoms with Crippen LogP contribution in [-0.2, 0) is 22.3 Å². The first kappa shape index (κ1) is 23.1. The van der Waals surface area contributed by atoms with E-state index < -0.39 is 23.6 Å². The lowest BCUT2D eigenvalue weighted by Crippen LogP contribution is -2.32. The zero-order valence-electron chi connectivity index (χ0n) is 17.3. The molecule has 32 heavy (non-hydrogen) atoms. The maximum Gasteiger partial charge on any atom is 0.416 e. The van der Waals surface area contributed by atoms with E-state index in [9.17, 15) is 22.8 Å². The number of amides is 1. The van der Waals surface area contributed by atoms with Crippen molar-refractivity contribution < 1.29 is 31.9 Å². The second-order valence-corrected chi connectivity index (χ2v) is 6.89. The number of esters is 1. The molecular weight excluding hydrogens is 425 g/mol. The van der Waals surface area contributed by atoms with E-state index in [4.69, 9.17) is 9.15 Å². The smallest absolute Gasteiger partial charge is 0.416 e. The van der Waals surface area contributed by atoms with Gasteiger partial charge < -0.3 is 14.1 Å². The molecule has 3 aromatic rings. The van der Waals surface area contributed by atoms with E-state index in [1.807, 2.05) is 0 Å². The zero-order chi connectivity index (χ0) is 23.1. The van der Waals surface area contributed by atoms with E-state index in [2.05, 4.69) is 4.98 Å². The van der Waals surface area contributed by atoms with Gasteiger partial charge >= 0.3 is 12.1 Å². The Labute approximate surface area is 182 Å². The van der Waals surface area contributed by atoms with E-state index in [1.165, 1.54) is 29.2 Å². The first-order chi connectivity index (χ1) is 15.3. The van der Waals surface area contributed by atoms with Gasteiger partial charge in [-0.3, -0.25) is 14.6 Å². The molecule has 0 aliphatic carbocycles. The Balaban J connectivity index is 1.81. The number of carbonyl (C=O) groups excluding carboxylic acids is 2. The summed E-state index contributed by atoms with van der Waals surface area (Å²) in [6.07, 6.45) is -1.31. The molecule has 6 nitrogen and oxygen atoms in total. The normalized spacial score (nSPS) is 11.2. The summed E-state index contributed by atoms with van der Waals surface area (Å²) in [4.78, 5) is 30.3. The molecule has 0 unspecified atom stereocenters. The second kappa shape index (κ2) is 10.1. The number of benzene rings is 1. The van der Waals surface area contributed by atoms with Crippen molar-refractivity contribution in [3.63, 3.8) is 0 Å². The van der Waals surface area contributed by atoms with Gasteiger partial charge in [0.25, 0.3) is 5.91 Å². The minimum absolute atomic E-state index is 0.0129. The minimum atomic E-state index is -4.49. The van der Waals surface area contributed by atoms with E-state index in [0.717, 1.165) is 17.7 Å². The third-order valence-corrected chi connectivity index (χ3v) is 4.57. The summed E-state index contributed by atoms with van der Waals surface area (Å²) in [5, 5.41) is 0. The first-order valence-electron chi connectivity index (χ1n) is 9.89. The van der Waals surface area contributed by atoms with Crippen molar-refractivity contribution in [2.45, 2.75) is 26.1 Å². The highest BCUT2D eigenvalue weighted by atomic mass is 19.4. The van der Waals surface area contributed by atoms with Crippen molar-refractivity contribution in [2.75, 3.05) is 13.2 Å². The summed E-state index contributed by atoms with van der Waals surface area (Å²) in [5.74, 6) is -0.867. The fraction of sp³-hybridized carbons (Fsp3) is 0.261. The molecule has 0 fully saturated rings. The van der Waals surface area contributed by atoms with Crippen LogP contribution in [0, 0.1) is 0 Å². The summed E-state index contributed by atoms with van der Waals surface area (Å²) in [6, 6.07) is 11.0. The third-order valence-electron chi connectivity index (χ3n) is 4.57. The van der Waals surface area contributed by atoms with Crippen molar-refractivity contribution in [1.82, 2.24) is 9.88 Å².